The monoisotopic (exact) mass is 486 g/mol. The van der Waals surface area contributed by atoms with E-state index >= 15 is 0 Å². The van der Waals surface area contributed by atoms with Gasteiger partial charge in [0.05, 0.1) is 16.5 Å². The fourth-order valence-corrected chi connectivity index (χ4v) is 4.88. The smallest absolute Gasteiger partial charge is 0.290 e. The van der Waals surface area contributed by atoms with Crippen molar-refractivity contribution in [3.8, 4) is 0 Å². The van der Waals surface area contributed by atoms with Crippen LogP contribution >= 0.6 is 0 Å². The van der Waals surface area contributed by atoms with Crippen LogP contribution in [0.5, 0.6) is 0 Å². The minimum absolute atomic E-state index is 0.0147. The maximum atomic E-state index is 12.7. The molecule has 0 saturated carbocycles. The lowest BCUT2D eigenvalue weighted by atomic mass is 9.96. The molecule has 1 heterocycles. The van der Waals surface area contributed by atoms with Gasteiger partial charge in [0.2, 0.25) is 0 Å². The molecule has 35 heavy (non-hydrogen) atoms. The first-order valence-electron chi connectivity index (χ1n) is 13.4. The number of carbonyl (C=O) groups is 2. The average Bonchev–Trinajstić information content (AvgIpc) is 3.09. The van der Waals surface area contributed by atoms with E-state index in [1.807, 2.05) is 0 Å². The first kappa shape index (κ1) is 28.5. The Morgan fingerprint density at radius 2 is 1.46 bits per heavy atom. The third kappa shape index (κ3) is 8.79. The van der Waals surface area contributed by atoms with Gasteiger partial charge in [0.15, 0.2) is 11.5 Å². The number of non-ortho nitro benzene ring substituents is 1. The number of nitro groups is 1. The van der Waals surface area contributed by atoms with Crippen LogP contribution in [0.4, 0.5) is 5.69 Å². The molecular weight excluding hydrogens is 444 g/mol. The van der Waals surface area contributed by atoms with Gasteiger partial charge in [-0.1, -0.05) is 103 Å². The van der Waals surface area contributed by atoms with E-state index in [2.05, 4.69) is 6.92 Å². The number of aliphatic hydroxyl groups excluding tert-OH is 1. The van der Waals surface area contributed by atoms with E-state index in [4.69, 9.17) is 0 Å². The van der Waals surface area contributed by atoms with Crippen molar-refractivity contribution < 1.29 is 19.6 Å². The molecule has 194 valence electrons. The zero-order valence-corrected chi connectivity index (χ0v) is 21.5. The second-order valence-corrected chi connectivity index (χ2v) is 9.67. The molecule has 1 aromatic carbocycles. The van der Waals surface area contributed by atoms with Gasteiger partial charge in [-0.3, -0.25) is 19.7 Å². The molecule has 7 nitrogen and oxygen atoms in total. The van der Waals surface area contributed by atoms with Gasteiger partial charge in [0.1, 0.15) is 0 Å². The Morgan fingerprint density at radius 3 is 1.94 bits per heavy atom. The number of nitrogens with zero attached hydrogens (tertiary/aromatic N) is 2. The molecule has 1 atom stereocenters. The SMILES string of the molecule is CCCCCCCCCCCCCCCCN1C(=O)C(O)=C(C(C)=O)C1c1cccc([N+](=O)[O-])c1. The number of hydrogen-bond donors (Lipinski definition) is 1. The lowest BCUT2D eigenvalue weighted by Gasteiger charge is -2.26. The number of aliphatic hydroxyl groups is 1. The molecule has 0 bridgehead atoms. The molecular formula is C28H42N2O5. The highest BCUT2D eigenvalue weighted by Gasteiger charge is 2.42. The quantitative estimate of drug-likeness (QED) is 0.133. The Morgan fingerprint density at radius 1 is 0.943 bits per heavy atom. The largest absolute Gasteiger partial charge is 0.503 e. The van der Waals surface area contributed by atoms with Crippen molar-refractivity contribution in [3.63, 3.8) is 0 Å². The molecule has 1 aliphatic rings. The van der Waals surface area contributed by atoms with Gasteiger partial charge >= 0.3 is 0 Å². The summed E-state index contributed by atoms with van der Waals surface area (Å²) in [6.07, 6.45) is 17.2. The van der Waals surface area contributed by atoms with E-state index < -0.39 is 28.4 Å². The maximum Gasteiger partial charge on any atom is 0.290 e. The number of carbonyl (C=O) groups excluding carboxylic acids is 2. The number of Topliss-reactive ketones (excluding diaryl/α,β-unsaturated/α-hetero) is 1. The van der Waals surface area contributed by atoms with E-state index in [0.29, 0.717) is 12.1 Å². The van der Waals surface area contributed by atoms with E-state index in [1.165, 1.54) is 101 Å². The summed E-state index contributed by atoms with van der Waals surface area (Å²) >= 11 is 0. The van der Waals surface area contributed by atoms with E-state index in [9.17, 15) is 24.8 Å². The number of amides is 1. The second kappa shape index (κ2) is 15.3. The van der Waals surface area contributed by atoms with Crippen LogP contribution in [-0.2, 0) is 9.59 Å². The zero-order valence-electron chi connectivity index (χ0n) is 21.5. The summed E-state index contributed by atoms with van der Waals surface area (Å²) < 4.78 is 0. The Labute approximate surface area is 209 Å². The first-order valence-corrected chi connectivity index (χ1v) is 13.4. The standard InChI is InChI=1S/C28H42N2O5/c1-3-4-5-6-7-8-9-10-11-12-13-14-15-16-20-29-26(25(22(2)31)27(32)28(29)33)23-18-17-19-24(21-23)30(34)35/h17-19,21,26,32H,3-16,20H2,1-2H3. The molecule has 0 fully saturated rings. The molecule has 2 rings (SSSR count). The third-order valence-electron chi connectivity index (χ3n) is 6.83. The Kier molecular flexibility index (Phi) is 12.5. The summed E-state index contributed by atoms with van der Waals surface area (Å²) in [4.78, 5) is 37.1. The average molecular weight is 487 g/mol. The molecule has 1 N–H and O–H groups in total. The predicted octanol–water partition coefficient (Wildman–Crippen LogP) is 7.36. The Hall–Kier alpha value is -2.70. The van der Waals surface area contributed by atoms with Crippen molar-refractivity contribution in [2.24, 2.45) is 0 Å². The highest BCUT2D eigenvalue weighted by molar-refractivity contribution is 6.08. The topological polar surface area (TPSA) is 101 Å². The summed E-state index contributed by atoms with van der Waals surface area (Å²) in [5.74, 6) is -1.53. The Bertz CT molecular complexity index is 880. The second-order valence-electron chi connectivity index (χ2n) is 9.67. The van der Waals surface area contributed by atoms with Crippen LogP contribution in [0.15, 0.2) is 35.6 Å². The highest BCUT2D eigenvalue weighted by atomic mass is 16.6. The van der Waals surface area contributed by atoms with Crippen LogP contribution in [0.25, 0.3) is 0 Å². The minimum atomic E-state index is -0.790. The molecule has 0 aromatic heterocycles. The van der Waals surface area contributed by atoms with Crippen molar-refractivity contribution in [1.29, 1.82) is 0 Å². The van der Waals surface area contributed by atoms with Gasteiger partial charge in [0.25, 0.3) is 11.6 Å². The van der Waals surface area contributed by atoms with E-state index in [0.717, 1.165) is 19.3 Å². The van der Waals surface area contributed by atoms with Crippen LogP contribution in [0.2, 0.25) is 0 Å². The summed E-state index contributed by atoms with van der Waals surface area (Å²) in [5, 5.41) is 21.6. The number of hydrogen-bond acceptors (Lipinski definition) is 5. The maximum absolute atomic E-state index is 12.7. The number of benzene rings is 1. The Balaban J connectivity index is 1.76. The van der Waals surface area contributed by atoms with Crippen LogP contribution in [0, 0.1) is 10.1 Å². The summed E-state index contributed by atoms with van der Waals surface area (Å²) in [6.45, 7) is 3.94. The molecule has 1 unspecified atom stereocenters. The van der Waals surface area contributed by atoms with Crippen LogP contribution in [0.3, 0.4) is 0 Å². The molecule has 0 spiro atoms. The number of nitro benzene ring substituents is 1. The molecule has 1 aromatic rings. The van der Waals surface area contributed by atoms with Crippen molar-refractivity contribution in [2.75, 3.05) is 6.54 Å². The van der Waals surface area contributed by atoms with Crippen LogP contribution in [0.1, 0.15) is 115 Å². The molecule has 1 aliphatic heterocycles. The summed E-state index contributed by atoms with van der Waals surface area (Å²) in [7, 11) is 0. The van der Waals surface area contributed by atoms with Gasteiger partial charge in [-0.15, -0.1) is 0 Å². The van der Waals surface area contributed by atoms with E-state index in [1.54, 1.807) is 6.07 Å². The first-order chi connectivity index (χ1) is 16.9. The van der Waals surface area contributed by atoms with Crippen molar-refractivity contribution in [1.82, 2.24) is 4.90 Å². The predicted molar refractivity (Wildman–Crippen MR) is 138 cm³/mol. The molecule has 0 saturated heterocycles. The normalized spacial score (nSPS) is 15.8. The zero-order chi connectivity index (χ0) is 25.6. The molecule has 7 heteroatoms. The lowest BCUT2D eigenvalue weighted by Crippen LogP contribution is -2.32. The van der Waals surface area contributed by atoms with Crippen molar-refractivity contribution >= 4 is 17.4 Å². The fourth-order valence-electron chi connectivity index (χ4n) is 4.88. The fraction of sp³-hybridized carbons (Fsp3) is 0.643. The lowest BCUT2D eigenvalue weighted by molar-refractivity contribution is -0.384. The third-order valence-corrected chi connectivity index (χ3v) is 6.83. The number of rotatable bonds is 18. The molecule has 1 amide bonds. The summed E-state index contributed by atoms with van der Waals surface area (Å²) in [6, 6.07) is 5.15. The van der Waals surface area contributed by atoms with Crippen molar-refractivity contribution in [2.45, 2.75) is 110 Å². The number of ketones is 1. The van der Waals surface area contributed by atoms with E-state index in [-0.39, 0.29) is 11.3 Å². The summed E-state index contributed by atoms with van der Waals surface area (Å²) in [5.41, 5.74) is 0.369. The van der Waals surface area contributed by atoms with Gasteiger partial charge in [-0.25, -0.2) is 0 Å². The van der Waals surface area contributed by atoms with Gasteiger partial charge in [-0.05, 0) is 18.9 Å². The van der Waals surface area contributed by atoms with Gasteiger partial charge in [0, 0.05) is 18.7 Å². The van der Waals surface area contributed by atoms with Crippen molar-refractivity contribution in [3.05, 3.63) is 51.3 Å². The molecule has 0 radical (unpaired) electrons. The number of unbranched alkanes of at least 4 members (excludes halogenated alkanes) is 13. The minimum Gasteiger partial charge on any atom is -0.503 e. The highest BCUT2D eigenvalue weighted by Crippen LogP contribution is 2.38. The van der Waals surface area contributed by atoms with Crippen LogP contribution in [-0.4, -0.2) is 33.2 Å². The van der Waals surface area contributed by atoms with Gasteiger partial charge < -0.3 is 10.0 Å². The van der Waals surface area contributed by atoms with Gasteiger partial charge in [-0.2, -0.15) is 0 Å². The van der Waals surface area contributed by atoms with Crippen LogP contribution < -0.4 is 0 Å². The molecule has 0 aliphatic carbocycles.